The Morgan fingerprint density at radius 3 is 2.78 bits per heavy atom. The molecule has 0 radical (unpaired) electrons. The van der Waals surface area contributed by atoms with Gasteiger partial charge in [-0.1, -0.05) is 12.1 Å². The Hall–Kier alpha value is -1.46. The van der Waals surface area contributed by atoms with Crippen molar-refractivity contribution in [1.29, 1.82) is 0 Å². The van der Waals surface area contributed by atoms with Gasteiger partial charge in [-0.05, 0) is 19.1 Å². The number of fused-ring (bicyclic) bond motifs is 1. The second kappa shape index (κ2) is 4.66. The largest absolute Gasteiger partial charge is 0.344 e. The van der Waals surface area contributed by atoms with Crippen molar-refractivity contribution in [3.8, 4) is 0 Å². The third-order valence-corrected chi connectivity index (χ3v) is 4.69. The summed E-state index contributed by atoms with van der Waals surface area (Å²) in [4.78, 5) is 12.4. The van der Waals surface area contributed by atoms with Gasteiger partial charge in [-0.15, -0.1) is 22.7 Å². The molecule has 0 fully saturated rings. The molecule has 3 rings (SSSR count). The van der Waals surface area contributed by atoms with Crippen LogP contribution in [0.5, 0.6) is 0 Å². The topological polar surface area (TPSA) is 29.0 Å². The molecule has 5 heteroatoms. The van der Waals surface area contributed by atoms with Crippen molar-refractivity contribution in [3.63, 3.8) is 0 Å². The van der Waals surface area contributed by atoms with E-state index in [1.807, 2.05) is 12.3 Å². The van der Waals surface area contributed by atoms with E-state index in [2.05, 4.69) is 47.0 Å². The highest BCUT2D eigenvalue weighted by Gasteiger charge is 2.09. The molecular weight excluding hydrogens is 262 g/mol. The predicted octanol–water partition coefficient (Wildman–Crippen LogP) is 3.70. The van der Waals surface area contributed by atoms with E-state index >= 15 is 0 Å². The molecule has 0 aliphatic rings. The summed E-state index contributed by atoms with van der Waals surface area (Å²) in [5.74, 6) is 0. The summed E-state index contributed by atoms with van der Waals surface area (Å²) in [6.07, 6.45) is 1.91. The minimum absolute atomic E-state index is 0.812. The van der Waals surface area contributed by atoms with Crippen molar-refractivity contribution in [2.75, 3.05) is 11.9 Å². The number of hydrogen-bond acceptors (Lipinski definition) is 5. The molecule has 0 aliphatic carbocycles. The number of nitrogens with zero attached hydrogens (tertiary/aromatic N) is 3. The van der Waals surface area contributed by atoms with Crippen LogP contribution in [0.3, 0.4) is 0 Å². The lowest BCUT2D eigenvalue weighted by molar-refractivity contribution is 0.906. The lowest BCUT2D eigenvalue weighted by Gasteiger charge is -2.13. The summed E-state index contributed by atoms with van der Waals surface area (Å²) < 4.78 is 1.25. The van der Waals surface area contributed by atoms with E-state index in [0.29, 0.717) is 0 Å². The fourth-order valence-corrected chi connectivity index (χ4v) is 3.52. The van der Waals surface area contributed by atoms with Crippen LogP contribution in [0.25, 0.3) is 10.2 Å². The predicted molar refractivity (Wildman–Crippen MR) is 78.6 cm³/mol. The van der Waals surface area contributed by atoms with Crippen LogP contribution in [-0.4, -0.2) is 17.0 Å². The van der Waals surface area contributed by atoms with E-state index in [0.717, 1.165) is 22.2 Å². The molecule has 0 atom stereocenters. The third-order valence-electron chi connectivity index (χ3n) is 2.65. The minimum atomic E-state index is 0.812. The molecule has 0 spiro atoms. The van der Waals surface area contributed by atoms with Crippen molar-refractivity contribution in [2.45, 2.75) is 13.5 Å². The number of aryl methyl sites for hydroxylation is 1. The van der Waals surface area contributed by atoms with E-state index in [9.17, 15) is 0 Å². The van der Waals surface area contributed by atoms with Crippen LogP contribution in [0.15, 0.2) is 30.5 Å². The zero-order valence-electron chi connectivity index (χ0n) is 10.3. The zero-order chi connectivity index (χ0) is 12.5. The highest BCUT2D eigenvalue weighted by Crippen LogP contribution is 2.26. The molecular formula is C13H13N3S2. The molecule has 92 valence electrons. The Labute approximate surface area is 114 Å². The van der Waals surface area contributed by atoms with Gasteiger partial charge in [-0.2, -0.15) is 0 Å². The highest BCUT2D eigenvalue weighted by atomic mass is 32.1. The standard InChI is InChI=1S/C13H13N3S2/c1-9-7-14-13(17-9)16(2)8-12-15-10-5-3-4-6-11(10)18-12/h3-7H,8H2,1-2H3. The van der Waals surface area contributed by atoms with Gasteiger partial charge in [0.1, 0.15) is 5.01 Å². The van der Waals surface area contributed by atoms with Gasteiger partial charge in [0.05, 0.1) is 16.8 Å². The molecule has 0 aliphatic heterocycles. The first kappa shape index (κ1) is 11.6. The van der Waals surface area contributed by atoms with Gasteiger partial charge in [0.15, 0.2) is 5.13 Å². The average Bonchev–Trinajstić information content (AvgIpc) is 2.94. The van der Waals surface area contributed by atoms with Crippen molar-refractivity contribution in [2.24, 2.45) is 0 Å². The maximum absolute atomic E-state index is 4.64. The maximum Gasteiger partial charge on any atom is 0.185 e. The Morgan fingerprint density at radius 2 is 2.06 bits per heavy atom. The number of benzene rings is 1. The summed E-state index contributed by atoms with van der Waals surface area (Å²) in [7, 11) is 2.06. The molecule has 1 aromatic carbocycles. The van der Waals surface area contributed by atoms with E-state index in [4.69, 9.17) is 0 Å². The summed E-state index contributed by atoms with van der Waals surface area (Å²) in [6.45, 7) is 2.89. The molecule has 3 aromatic rings. The quantitative estimate of drug-likeness (QED) is 0.730. The van der Waals surface area contributed by atoms with Crippen LogP contribution in [-0.2, 0) is 6.54 Å². The van der Waals surface area contributed by atoms with Gasteiger partial charge in [0.2, 0.25) is 0 Å². The van der Waals surface area contributed by atoms with E-state index in [-0.39, 0.29) is 0 Å². The minimum Gasteiger partial charge on any atom is -0.344 e. The van der Waals surface area contributed by atoms with Crippen LogP contribution >= 0.6 is 22.7 Å². The van der Waals surface area contributed by atoms with Crippen LogP contribution in [0.4, 0.5) is 5.13 Å². The Balaban J connectivity index is 1.83. The molecule has 0 amide bonds. The fraction of sp³-hybridized carbons (Fsp3) is 0.231. The third kappa shape index (κ3) is 2.23. The molecule has 0 saturated carbocycles. The maximum atomic E-state index is 4.64. The molecule has 0 unspecified atom stereocenters. The summed E-state index contributed by atoms with van der Waals surface area (Å²) in [5.41, 5.74) is 1.08. The van der Waals surface area contributed by atoms with Crippen LogP contribution in [0.1, 0.15) is 9.88 Å². The second-order valence-electron chi connectivity index (χ2n) is 4.18. The smallest absolute Gasteiger partial charge is 0.185 e. The van der Waals surface area contributed by atoms with Gasteiger partial charge in [0.25, 0.3) is 0 Å². The summed E-state index contributed by atoms with van der Waals surface area (Å²) in [6, 6.07) is 8.25. The molecule has 0 bridgehead atoms. The van der Waals surface area contributed by atoms with Crippen molar-refractivity contribution >= 4 is 38.0 Å². The molecule has 3 nitrogen and oxygen atoms in total. The SMILES string of the molecule is Cc1cnc(N(C)Cc2nc3ccccc3s2)s1. The lowest BCUT2D eigenvalue weighted by Crippen LogP contribution is -2.15. The number of thiazole rings is 2. The van der Waals surface area contributed by atoms with Gasteiger partial charge in [-0.25, -0.2) is 9.97 Å². The molecule has 2 heterocycles. The van der Waals surface area contributed by atoms with Gasteiger partial charge < -0.3 is 4.90 Å². The first-order chi connectivity index (χ1) is 8.72. The highest BCUT2D eigenvalue weighted by molar-refractivity contribution is 7.18. The second-order valence-corrected chi connectivity index (χ2v) is 6.51. The Bertz CT molecular complexity index is 638. The Morgan fingerprint density at radius 1 is 1.22 bits per heavy atom. The molecule has 0 N–H and O–H groups in total. The van der Waals surface area contributed by atoms with Crippen molar-refractivity contribution in [1.82, 2.24) is 9.97 Å². The number of para-hydroxylation sites is 1. The van der Waals surface area contributed by atoms with E-state index in [1.54, 1.807) is 22.7 Å². The normalized spacial score (nSPS) is 11.0. The van der Waals surface area contributed by atoms with Crippen LogP contribution in [0, 0.1) is 6.92 Å². The number of rotatable bonds is 3. The van der Waals surface area contributed by atoms with Crippen molar-refractivity contribution in [3.05, 3.63) is 40.3 Å². The van der Waals surface area contributed by atoms with Crippen LogP contribution in [0.2, 0.25) is 0 Å². The van der Waals surface area contributed by atoms with E-state index < -0.39 is 0 Å². The van der Waals surface area contributed by atoms with Gasteiger partial charge in [-0.3, -0.25) is 0 Å². The molecule has 0 saturated heterocycles. The number of aromatic nitrogens is 2. The van der Waals surface area contributed by atoms with Crippen molar-refractivity contribution < 1.29 is 0 Å². The zero-order valence-corrected chi connectivity index (χ0v) is 11.9. The number of hydrogen-bond donors (Lipinski definition) is 0. The Kier molecular flexibility index (Phi) is 3.01. The average molecular weight is 275 g/mol. The fourth-order valence-electron chi connectivity index (χ4n) is 1.78. The van der Waals surface area contributed by atoms with Gasteiger partial charge in [0, 0.05) is 18.1 Å². The summed E-state index contributed by atoms with van der Waals surface area (Å²) in [5, 5.41) is 2.18. The summed E-state index contributed by atoms with van der Waals surface area (Å²) >= 11 is 3.46. The van der Waals surface area contributed by atoms with E-state index in [1.165, 1.54) is 9.58 Å². The lowest BCUT2D eigenvalue weighted by atomic mass is 10.3. The van der Waals surface area contributed by atoms with Gasteiger partial charge >= 0.3 is 0 Å². The van der Waals surface area contributed by atoms with Crippen LogP contribution < -0.4 is 4.90 Å². The number of anilines is 1. The monoisotopic (exact) mass is 275 g/mol. The molecule has 2 aromatic heterocycles. The first-order valence-electron chi connectivity index (χ1n) is 5.70. The molecule has 18 heavy (non-hydrogen) atoms. The first-order valence-corrected chi connectivity index (χ1v) is 7.34.